The van der Waals surface area contributed by atoms with Crippen LogP contribution in [0.3, 0.4) is 0 Å². The molecule has 0 saturated carbocycles. The van der Waals surface area contributed by atoms with Crippen molar-refractivity contribution in [1.29, 1.82) is 0 Å². The first-order valence-corrected chi connectivity index (χ1v) is 18.4. The standard InChI is InChI=1S/C51H37NO/c1-51(2)44-23-11-9-19-40(44)41-32-31-38(33-45(41)51)52(37-29-27-35(28-30-37)34-15-5-3-6-16-34)46-24-14-26-48-50(46)49-39(36-17-7-4-8-18-36)21-13-22-43(49)42-20-10-12-25-47(42)53-48/h3-33H,1-2H3. The Balaban J connectivity index is 1.25. The molecule has 0 N–H and O–H groups in total. The Morgan fingerprint density at radius 2 is 0.943 bits per heavy atom. The molecule has 0 atom stereocenters. The zero-order chi connectivity index (χ0) is 35.5. The molecule has 1 heterocycles. The number of rotatable bonds is 5. The van der Waals surface area contributed by atoms with Crippen molar-refractivity contribution in [3.05, 3.63) is 199 Å². The first-order valence-electron chi connectivity index (χ1n) is 18.4. The monoisotopic (exact) mass is 679 g/mol. The summed E-state index contributed by atoms with van der Waals surface area (Å²) >= 11 is 0. The van der Waals surface area contributed by atoms with Gasteiger partial charge in [0.15, 0.2) is 0 Å². The van der Waals surface area contributed by atoms with E-state index < -0.39 is 0 Å². The number of nitrogens with zero attached hydrogens (tertiary/aromatic N) is 1. The molecule has 0 radical (unpaired) electrons. The van der Waals surface area contributed by atoms with Crippen molar-refractivity contribution in [2.24, 2.45) is 0 Å². The summed E-state index contributed by atoms with van der Waals surface area (Å²) in [5.74, 6) is 1.68. The lowest BCUT2D eigenvalue weighted by atomic mass is 9.82. The van der Waals surface area contributed by atoms with Crippen molar-refractivity contribution in [2.45, 2.75) is 19.3 Å². The van der Waals surface area contributed by atoms with Crippen LogP contribution < -0.4 is 9.64 Å². The Hall–Kier alpha value is -6.64. The highest BCUT2D eigenvalue weighted by Gasteiger charge is 2.36. The van der Waals surface area contributed by atoms with E-state index in [1.807, 2.05) is 0 Å². The molecule has 53 heavy (non-hydrogen) atoms. The molecule has 2 aliphatic rings. The van der Waals surface area contributed by atoms with E-state index in [2.05, 4.69) is 207 Å². The third kappa shape index (κ3) is 5.02. The topological polar surface area (TPSA) is 12.5 Å². The minimum absolute atomic E-state index is 0.143. The largest absolute Gasteiger partial charge is 0.456 e. The van der Waals surface area contributed by atoms with Gasteiger partial charge in [-0.25, -0.2) is 0 Å². The molecule has 0 aromatic heterocycles. The Bertz CT molecular complexity index is 2660. The van der Waals surface area contributed by atoms with Crippen molar-refractivity contribution < 1.29 is 4.74 Å². The molecule has 0 bridgehead atoms. The van der Waals surface area contributed by atoms with Crippen LogP contribution in [-0.2, 0) is 5.41 Å². The average molecular weight is 680 g/mol. The number of benzene rings is 8. The highest BCUT2D eigenvalue weighted by atomic mass is 16.5. The Morgan fingerprint density at radius 1 is 0.377 bits per heavy atom. The van der Waals surface area contributed by atoms with E-state index >= 15 is 0 Å². The summed E-state index contributed by atoms with van der Waals surface area (Å²) in [5, 5.41) is 0. The van der Waals surface area contributed by atoms with Crippen LogP contribution in [0.2, 0.25) is 0 Å². The zero-order valence-corrected chi connectivity index (χ0v) is 29.8. The molecule has 252 valence electrons. The number of fused-ring (bicyclic) bond motifs is 8. The molecule has 8 aromatic carbocycles. The maximum absolute atomic E-state index is 6.94. The minimum atomic E-state index is -0.143. The first kappa shape index (κ1) is 31.1. The van der Waals surface area contributed by atoms with Crippen LogP contribution in [0.15, 0.2) is 188 Å². The fourth-order valence-corrected chi connectivity index (χ4v) is 8.54. The van der Waals surface area contributed by atoms with E-state index in [0.717, 1.165) is 50.8 Å². The minimum Gasteiger partial charge on any atom is -0.456 e. The number of ether oxygens (including phenoxy) is 1. The molecule has 0 unspecified atom stereocenters. The predicted molar refractivity (Wildman–Crippen MR) is 221 cm³/mol. The number of para-hydroxylation sites is 1. The molecule has 1 aliphatic carbocycles. The Morgan fingerprint density at radius 3 is 1.74 bits per heavy atom. The van der Waals surface area contributed by atoms with Gasteiger partial charge >= 0.3 is 0 Å². The lowest BCUT2D eigenvalue weighted by Crippen LogP contribution is -2.17. The van der Waals surface area contributed by atoms with Crippen LogP contribution in [0.4, 0.5) is 17.1 Å². The molecule has 8 aromatic rings. The van der Waals surface area contributed by atoms with Gasteiger partial charge in [0.25, 0.3) is 0 Å². The highest BCUT2D eigenvalue weighted by molar-refractivity contribution is 6.05. The van der Waals surface area contributed by atoms with Gasteiger partial charge in [-0.15, -0.1) is 0 Å². The fourth-order valence-electron chi connectivity index (χ4n) is 8.54. The van der Waals surface area contributed by atoms with Gasteiger partial charge in [0.05, 0.1) is 5.69 Å². The summed E-state index contributed by atoms with van der Waals surface area (Å²) in [4.78, 5) is 2.43. The van der Waals surface area contributed by atoms with Crippen LogP contribution >= 0.6 is 0 Å². The van der Waals surface area contributed by atoms with E-state index in [-0.39, 0.29) is 5.41 Å². The highest BCUT2D eigenvalue weighted by Crippen LogP contribution is 2.56. The molecule has 2 heteroatoms. The van der Waals surface area contributed by atoms with Gasteiger partial charge in [-0.05, 0) is 92.5 Å². The Labute approximate surface area is 311 Å². The van der Waals surface area contributed by atoms with Gasteiger partial charge in [0.1, 0.15) is 11.5 Å². The third-order valence-corrected chi connectivity index (χ3v) is 11.1. The van der Waals surface area contributed by atoms with E-state index in [1.165, 1.54) is 44.5 Å². The zero-order valence-electron chi connectivity index (χ0n) is 29.8. The quantitative estimate of drug-likeness (QED) is 0.180. The van der Waals surface area contributed by atoms with Crippen LogP contribution in [-0.4, -0.2) is 0 Å². The number of hydrogen-bond acceptors (Lipinski definition) is 2. The second kappa shape index (κ2) is 12.3. The van der Waals surface area contributed by atoms with Gasteiger partial charge in [-0.1, -0.05) is 159 Å². The van der Waals surface area contributed by atoms with Gasteiger partial charge in [-0.3, -0.25) is 0 Å². The molecule has 0 amide bonds. The second-order valence-electron chi connectivity index (χ2n) is 14.5. The summed E-state index contributed by atoms with van der Waals surface area (Å²) in [6, 6.07) is 67.7. The molecular weight excluding hydrogens is 643 g/mol. The van der Waals surface area contributed by atoms with Crippen LogP contribution in [0, 0.1) is 0 Å². The van der Waals surface area contributed by atoms with Gasteiger partial charge in [-0.2, -0.15) is 0 Å². The second-order valence-corrected chi connectivity index (χ2v) is 14.5. The fraction of sp³-hybridized carbons (Fsp3) is 0.0588. The van der Waals surface area contributed by atoms with E-state index in [4.69, 9.17) is 4.74 Å². The van der Waals surface area contributed by atoms with Crippen molar-refractivity contribution in [3.63, 3.8) is 0 Å². The smallest absolute Gasteiger partial charge is 0.137 e. The van der Waals surface area contributed by atoms with Crippen LogP contribution in [0.5, 0.6) is 11.5 Å². The number of hydrogen-bond donors (Lipinski definition) is 0. The number of anilines is 3. The van der Waals surface area contributed by atoms with E-state index in [0.29, 0.717) is 0 Å². The molecule has 0 spiro atoms. The molecule has 1 aliphatic heterocycles. The van der Waals surface area contributed by atoms with Gasteiger partial charge in [0.2, 0.25) is 0 Å². The Kier molecular flexibility index (Phi) is 7.19. The molecule has 0 saturated heterocycles. The summed E-state index contributed by atoms with van der Waals surface area (Å²) in [7, 11) is 0. The van der Waals surface area contributed by atoms with Crippen LogP contribution in [0.25, 0.3) is 55.6 Å². The SMILES string of the molecule is CC1(C)c2ccccc2-c2ccc(N(c3ccc(-c4ccccc4)cc3)c3cccc4c3-c3c(-c5ccccc5)cccc3-c3ccccc3O4)cc21. The molecular formula is C51H37NO. The van der Waals surface area contributed by atoms with Crippen molar-refractivity contribution in [3.8, 4) is 67.1 Å². The summed E-state index contributed by atoms with van der Waals surface area (Å²) < 4.78 is 6.94. The lowest BCUT2D eigenvalue weighted by molar-refractivity contribution is 0.488. The molecule has 10 rings (SSSR count). The third-order valence-electron chi connectivity index (χ3n) is 11.1. The van der Waals surface area contributed by atoms with Gasteiger partial charge < -0.3 is 9.64 Å². The summed E-state index contributed by atoms with van der Waals surface area (Å²) in [6.45, 7) is 4.70. The van der Waals surface area contributed by atoms with Crippen molar-refractivity contribution in [1.82, 2.24) is 0 Å². The first-order chi connectivity index (χ1) is 26.1. The van der Waals surface area contributed by atoms with Crippen molar-refractivity contribution in [2.75, 3.05) is 4.90 Å². The maximum atomic E-state index is 6.94. The molecule has 0 fully saturated rings. The molecule has 2 nitrogen and oxygen atoms in total. The summed E-state index contributed by atoms with van der Waals surface area (Å²) in [5.41, 5.74) is 17.6. The average Bonchev–Trinajstić information content (AvgIpc) is 3.33. The van der Waals surface area contributed by atoms with E-state index in [1.54, 1.807) is 0 Å². The van der Waals surface area contributed by atoms with E-state index in [9.17, 15) is 0 Å². The van der Waals surface area contributed by atoms with Crippen molar-refractivity contribution >= 4 is 17.1 Å². The maximum Gasteiger partial charge on any atom is 0.137 e. The predicted octanol–water partition coefficient (Wildman–Crippen LogP) is 14.2. The van der Waals surface area contributed by atoms with Crippen LogP contribution in [0.1, 0.15) is 25.0 Å². The summed E-state index contributed by atoms with van der Waals surface area (Å²) in [6.07, 6.45) is 0. The lowest BCUT2D eigenvalue weighted by Gasteiger charge is -2.31. The normalized spacial score (nSPS) is 13.0. The van der Waals surface area contributed by atoms with Gasteiger partial charge in [0, 0.05) is 33.5 Å².